The Balaban J connectivity index is 0.00000242. The number of piperazine rings is 1. The quantitative estimate of drug-likeness (QED) is 0.887. The summed E-state index contributed by atoms with van der Waals surface area (Å²) in [5, 5.41) is 3.23. The van der Waals surface area contributed by atoms with Gasteiger partial charge in [0, 0.05) is 52.6 Å². The molecular weight excluding hydrogens is 302 g/mol. The first kappa shape index (κ1) is 18.5. The van der Waals surface area contributed by atoms with Gasteiger partial charge in [-0.3, -0.25) is 9.59 Å². The summed E-state index contributed by atoms with van der Waals surface area (Å²) in [5.41, 5.74) is 1.09. The van der Waals surface area contributed by atoms with Gasteiger partial charge < -0.3 is 15.1 Å². The molecule has 1 N–H and O–H groups in total. The first-order chi connectivity index (χ1) is 10.2. The lowest BCUT2D eigenvalue weighted by Gasteiger charge is -2.28. The molecule has 2 rings (SSSR count). The maximum Gasteiger partial charge on any atom is 0.224 e. The summed E-state index contributed by atoms with van der Waals surface area (Å²) in [5.74, 6) is 0.141. The number of hydrogen-bond donors (Lipinski definition) is 1. The van der Waals surface area contributed by atoms with Crippen molar-refractivity contribution in [1.29, 1.82) is 0 Å². The van der Waals surface area contributed by atoms with Crippen LogP contribution >= 0.6 is 12.4 Å². The van der Waals surface area contributed by atoms with Gasteiger partial charge in [0.2, 0.25) is 11.8 Å². The van der Waals surface area contributed by atoms with Crippen molar-refractivity contribution in [3.05, 3.63) is 35.9 Å². The molecule has 22 heavy (non-hydrogen) atoms. The van der Waals surface area contributed by atoms with Crippen LogP contribution in [0.3, 0.4) is 0 Å². The number of hydrogen-bond acceptors (Lipinski definition) is 3. The van der Waals surface area contributed by atoms with E-state index in [-0.39, 0.29) is 24.2 Å². The number of rotatable bonds is 5. The van der Waals surface area contributed by atoms with Crippen molar-refractivity contribution in [2.45, 2.75) is 19.9 Å². The van der Waals surface area contributed by atoms with Gasteiger partial charge in [0.25, 0.3) is 0 Å². The number of amides is 2. The van der Waals surface area contributed by atoms with Crippen molar-refractivity contribution in [3.8, 4) is 0 Å². The fourth-order valence-corrected chi connectivity index (χ4v) is 2.45. The highest BCUT2D eigenvalue weighted by molar-refractivity contribution is 5.85. The molecule has 0 aliphatic carbocycles. The molecule has 1 aliphatic rings. The van der Waals surface area contributed by atoms with Gasteiger partial charge in [0.1, 0.15) is 0 Å². The number of nitrogens with one attached hydrogen (secondary N) is 1. The minimum absolute atomic E-state index is 0. The van der Waals surface area contributed by atoms with E-state index in [2.05, 4.69) is 5.32 Å². The number of carbonyl (C=O) groups is 2. The van der Waals surface area contributed by atoms with E-state index in [1.165, 1.54) is 0 Å². The van der Waals surface area contributed by atoms with Crippen LogP contribution in [0.1, 0.15) is 18.9 Å². The molecule has 0 aromatic heterocycles. The first-order valence-electron chi connectivity index (χ1n) is 7.45. The van der Waals surface area contributed by atoms with Crippen LogP contribution < -0.4 is 5.32 Å². The highest BCUT2D eigenvalue weighted by Crippen LogP contribution is 2.07. The topological polar surface area (TPSA) is 52.7 Å². The Morgan fingerprint density at radius 2 is 1.82 bits per heavy atom. The monoisotopic (exact) mass is 325 g/mol. The van der Waals surface area contributed by atoms with Crippen LogP contribution in [0.15, 0.2) is 30.3 Å². The minimum atomic E-state index is 0. The number of halogens is 1. The molecule has 1 aromatic rings. The lowest BCUT2D eigenvalue weighted by molar-refractivity contribution is -0.134. The highest BCUT2D eigenvalue weighted by atomic mass is 35.5. The van der Waals surface area contributed by atoms with Gasteiger partial charge in [0.15, 0.2) is 0 Å². The third-order valence-corrected chi connectivity index (χ3v) is 3.73. The molecule has 0 unspecified atom stereocenters. The van der Waals surface area contributed by atoms with Crippen LogP contribution in [0.25, 0.3) is 0 Å². The van der Waals surface area contributed by atoms with Gasteiger partial charge in [0.05, 0.1) is 0 Å². The number of carbonyl (C=O) groups excluding carboxylic acids is 2. The predicted octanol–water partition coefficient (Wildman–Crippen LogP) is 1.28. The standard InChI is InChI=1S/C16H23N3O2.ClH/c1-14(20)19(13-15-5-3-2-4-6-15)10-7-16(21)18-11-8-17-9-12-18;/h2-6,17H,7-13H2,1H3;1H. The van der Waals surface area contributed by atoms with Crippen molar-refractivity contribution in [2.75, 3.05) is 32.7 Å². The molecule has 0 atom stereocenters. The third-order valence-electron chi connectivity index (χ3n) is 3.73. The maximum absolute atomic E-state index is 12.1. The highest BCUT2D eigenvalue weighted by Gasteiger charge is 2.18. The summed E-state index contributed by atoms with van der Waals surface area (Å²) in [6.07, 6.45) is 0.395. The lowest BCUT2D eigenvalue weighted by atomic mass is 10.2. The molecule has 6 heteroatoms. The Morgan fingerprint density at radius 3 is 2.41 bits per heavy atom. The van der Waals surface area contributed by atoms with Gasteiger partial charge in [-0.05, 0) is 5.56 Å². The maximum atomic E-state index is 12.1. The second-order valence-corrected chi connectivity index (χ2v) is 5.31. The average molecular weight is 326 g/mol. The normalized spacial score (nSPS) is 14.1. The van der Waals surface area contributed by atoms with E-state index in [4.69, 9.17) is 0 Å². The lowest BCUT2D eigenvalue weighted by Crippen LogP contribution is -2.47. The molecule has 0 bridgehead atoms. The van der Waals surface area contributed by atoms with E-state index in [0.29, 0.717) is 19.5 Å². The van der Waals surface area contributed by atoms with E-state index >= 15 is 0 Å². The van der Waals surface area contributed by atoms with Gasteiger partial charge >= 0.3 is 0 Å². The van der Waals surface area contributed by atoms with Crippen LogP contribution in [0, 0.1) is 0 Å². The van der Waals surface area contributed by atoms with Gasteiger partial charge in [-0.25, -0.2) is 0 Å². The Hall–Kier alpha value is -1.59. The molecule has 0 radical (unpaired) electrons. The molecule has 1 aromatic carbocycles. The van der Waals surface area contributed by atoms with Crippen molar-refractivity contribution in [3.63, 3.8) is 0 Å². The number of nitrogens with zero attached hydrogens (tertiary/aromatic N) is 2. The van der Waals surface area contributed by atoms with Gasteiger partial charge in [-0.15, -0.1) is 12.4 Å². The fourth-order valence-electron chi connectivity index (χ4n) is 2.45. The van der Waals surface area contributed by atoms with Crippen molar-refractivity contribution in [1.82, 2.24) is 15.1 Å². The smallest absolute Gasteiger partial charge is 0.224 e. The fraction of sp³-hybridized carbons (Fsp3) is 0.500. The Labute approximate surface area is 138 Å². The summed E-state index contributed by atoms with van der Waals surface area (Å²) in [4.78, 5) is 27.5. The SMILES string of the molecule is CC(=O)N(CCC(=O)N1CCNCC1)Cc1ccccc1.Cl. The van der Waals surface area contributed by atoms with E-state index in [1.54, 1.807) is 11.8 Å². The molecule has 2 amide bonds. The predicted molar refractivity (Wildman–Crippen MR) is 88.8 cm³/mol. The van der Waals surface area contributed by atoms with E-state index in [9.17, 15) is 9.59 Å². The van der Waals surface area contributed by atoms with Crippen molar-refractivity contribution in [2.24, 2.45) is 0 Å². The molecule has 0 spiro atoms. The summed E-state index contributed by atoms with van der Waals surface area (Å²) in [6, 6.07) is 9.86. The third kappa shape index (κ3) is 5.66. The molecule has 1 aliphatic heterocycles. The van der Waals surface area contributed by atoms with Crippen LogP contribution in [-0.2, 0) is 16.1 Å². The summed E-state index contributed by atoms with van der Waals surface area (Å²) in [7, 11) is 0. The Morgan fingerprint density at radius 1 is 1.18 bits per heavy atom. The number of benzene rings is 1. The minimum Gasteiger partial charge on any atom is -0.340 e. The molecule has 5 nitrogen and oxygen atoms in total. The zero-order chi connectivity index (χ0) is 15.1. The van der Waals surface area contributed by atoms with E-state index < -0.39 is 0 Å². The molecule has 122 valence electrons. The second kappa shape index (κ2) is 9.43. The molecule has 1 heterocycles. The summed E-state index contributed by atoms with van der Waals surface area (Å²) >= 11 is 0. The van der Waals surface area contributed by atoms with Gasteiger partial charge in [-0.1, -0.05) is 30.3 Å². The Kier molecular flexibility index (Phi) is 7.91. The Bertz CT molecular complexity index is 476. The van der Waals surface area contributed by atoms with Crippen molar-refractivity contribution < 1.29 is 9.59 Å². The summed E-state index contributed by atoms with van der Waals surface area (Å²) < 4.78 is 0. The summed E-state index contributed by atoms with van der Waals surface area (Å²) in [6.45, 7) is 5.82. The largest absolute Gasteiger partial charge is 0.340 e. The average Bonchev–Trinajstić information content (AvgIpc) is 2.52. The van der Waals surface area contributed by atoms with E-state index in [1.807, 2.05) is 35.2 Å². The molecular formula is C16H24ClN3O2. The first-order valence-corrected chi connectivity index (χ1v) is 7.45. The van der Waals surface area contributed by atoms with Crippen molar-refractivity contribution >= 4 is 24.2 Å². The van der Waals surface area contributed by atoms with Crippen LogP contribution in [-0.4, -0.2) is 54.3 Å². The van der Waals surface area contributed by atoms with Crippen LogP contribution in [0.2, 0.25) is 0 Å². The zero-order valence-electron chi connectivity index (χ0n) is 13.0. The zero-order valence-corrected chi connectivity index (χ0v) is 13.8. The van der Waals surface area contributed by atoms with Crippen LogP contribution in [0.4, 0.5) is 0 Å². The van der Waals surface area contributed by atoms with E-state index in [0.717, 1.165) is 31.7 Å². The van der Waals surface area contributed by atoms with Crippen LogP contribution in [0.5, 0.6) is 0 Å². The molecule has 0 saturated carbocycles. The second-order valence-electron chi connectivity index (χ2n) is 5.31. The molecule has 1 fully saturated rings. The molecule has 1 saturated heterocycles. The van der Waals surface area contributed by atoms with Gasteiger partial charge in [-0.2, -0.15) is 0 Å².